The third-order valence-corrected chi connectivity index (χ3v) is 3.97. The molecule has 2 nitrogen and oxygen atoms in total. The first-order chi connectivity index (χ1) is 9.12. The molecule has 0 aromatic heterocycles. The molecule has 1 unspecified atom stereocenters. The summed E-state index contributed by atoms with van der Waals surface area (Å²) in [7, 11) is 0. The van der Waals surface area contributed by atoms with Crippen LogP contribution >= 0.6 is 11.6 Å². The summed E-state index contributed by atoms with van der Waals surface area (Å²) < 4.78 is 5.97. The minimum Gasteiger partial charge on any atom is -0.491 e. The van der Waals surface area contributed by atoms with Gasteiger partial charge >= 0.3 is 0 Å². The van der Waals surface area contributed by atoms with Crippen LogP contribution in [0.2, 0.25) is 5.02 Å². The first kappa shape index (κ1) is 16.3. The summed E-state index contributed by atoms with van der Waals surface area (Å²) in [6, 6.07) is 6.06. The van der Waals surface area contributed by atoms with E-state index in [1.807, 2.05) is 12.1 Å². The van der Waals surface area contributed by atoms with E-state index in [0.29, 0.717) is 10.9 Å². The van der Waals surface area contributed by atoms with Crippen LogP contribution in [-0.4, -0.2) is 12.6 Å². The molecule has 19 heavy (non-hydrogen) atoms. The number of para-hydroxylation sites is 1. The first-order valence-corrected chi connectivity index (χ1v) is 7.65. The van der Waals surface area contributed by atoms with Gasteiger partial charge in [0.2, 0.25) is 0 Å². The van der Waals surface area contributed by atoms with Crippen molar-refractivity contribution >= 4 is 11.6 Å². The summed E-state index contributed by atoms with van der Waals surface area (Å²) in [4.78, 5) is 0. The molecular formula is C16H26ClNO. The Hall–Kier alpha value is -0.730. The van der Waals surface area contributed by atoms with Gasteiger partial charge in [-0.3, -0.25) is 0 Å². The lowest BCUT2D eigenvalue weighted by atomic mass is 10.0. The number of rotatable bonds is 8. The monoisotopic (exact) mass is 283 g/mol. The van der Waals surface area contributed by atoms with Crippen LogP contribution in [0.1, 0.15) is 45.6 Å². The molecule has 1 rings (SSSR count). The quantitative estimate of drug-likeness (QED) is 0.766. The second-order valence-electron chi connectivity index (χ2n) is 5.09. The fourth-order valence-electron chi connectivity index (χ4n) is 2.03. The summed E-state index contributed by atoms with van der Waals surface area (Å²) in [5, 5.41) is 0.687. The highest BCUT2D eigenvalue weighted by Crippen LogP contribution is 2.30. The van der Waals surface area contributed by atoms with Crippen molar-refractivity contribution in [2.45, 2.75) is 52.5 Å². The lowest BCUT2D eigenvalue weighted by Gasteiger charge is -2.18. The number of benzene rings is 1. The molecule has 1 aromatic carbocycles. The number of hydrogen-bond donors (Lipinski definition) is 1. The molecule has 1 aromatic rings. The Morgan fingerprint density at radius 2 is 1.84 bits per heavy atom. The van der Waals surface area contributed by atoms with E-state index >= 15 is 0 Å². The number of halogens is 1. The number of ether oxygens (including phenoxy) is 1. The Morgan fingerprint density at radius 3 is 2.42 bits per heavy atom. The standard InChI is InChI=1S/C16H26ClNO/c1-4-12(5-2)11-19-16-13(10-14(18)6-3)8-7-9-15(16)17/h7-9,12,14H,4-6,10-11,18H2,1-3H3. The van der Waals surface area contributed by atoms with E-state index < -0.39 is 0 Å². The average molecular weight is 284 g/mol. The smallest absolute Gasteiger partial charge is 0.141 e. The van der Waals surface area contributed by atoms with Gasteiger partial charge in [-0.25, -0.2) is 0 Å². The molecule has 0 amide bonds. The molecule has 0 saturated heterocycles. The Kier molecular flexibility index (Phi) is 7.25. The van der Waals surface area contributed by atoms with Crippen LogP contribution in [0, 0.1) is 5.92 Å². The van der Waals surface area contributed by atoms with Crippen LogP contribution in [0.4, 0.5) is 0 Å². The van der Waals surface area contributed by atoms with Gasteiger partial charge in [-0.05, 0) is 30.4 Å². The molecule has 1 atom stereocenters. The molecule has 108 valence electrons. The first-order valence-electron chi connectivity index (χ1n) is 7.28. The van der Waals surface area contributed by atoms with E-state index in [4.69, 9.17) is 22.1 Å². The lowest BCUT2D eigenvalue weighted by molar-refractivity contribution is 0.238. The van der Waals surface area contributed by atoms with Crippen molar-refractivity contribution in [1.29, 1.82) is 0 Å². The number of nitrogens with two attached hydrogens (primary N) is 1. The van der Waals surface area contributed by atoms with Gasteiger partial charge in [-0.15, -0.1) is 0 Å². The van der Waals surface area contributed by atoms with Crippen LogP contribution in [0.15, 0.2) is 18.2 Å². The molecule has 0 saturated carbocycles. The van der Waals surface area contributed by atoms with Crippen molar-refractivity contribution in [3.63, 3.8) is 0 Å². The largest absolute Gasteiger partial charge is 0.491 e. The normalized spacial score (nSPS) is 12.7. The lowest BCUT2D eigenvalue weighted by Crippen LogP contribution is -2.22. The fraction of sp³-hybridized carbons (Fsp3) is 0.625. The summed E-state index contributed by atoms with van der Waals surface area (Å²) in [6.45, 7) is 7.21. The van der Waals surface area contributed by atoms with Gasteiger partial charge < -0.3 is 10.5 Å². The van der Waals surface area contributed by atoms with Gasteiger partial charge in [0.05, 0.1) is 11.6 Å². The average Bonchev–Trinajstić information content (AvgIpc) is 2.42. The highest BCUT2D eigenvalue weighted by molar-refractivity contribution is 6.32. The van der Waals surface area contributed by atoms with Gasteiger partial charge in [-0.2, -0.15) is 0 Å². The predicted octanol–water partition coefficient (Wildman–Crippen LogP) is 4.43. The van der Waals surface area contributed by atoms with E-state index in [0.717, 1.165) is 43.6 Å². The van der Waals surface area contributed by atoms with Crippen LogP contribution < -0.4 is 10.5 Å². The second kappa shape index (κ2) is 8.44. The Morgan fingerprint density at radius 1 is 1.16 bits per heavy atom. The Bertz CT molecular complexity index is 377. The minimum absolute atomic E-state index is 0.161. The zero-order valence-electron chi connectivity index (χ0n) is 12.3. The highest BCUT2D eigenvalue weighted by atomic mass is 35.5. The van der Waals surface area contributed by atoms with Gasteiger partial charge in [0.15, 0.2) is 0 Å². The molecule has 0 heterocycles. The van der Waals surface area contributed by atoms with Gasteiger partial charge in [0.25, 0.3) is 0 Å². The maximum Gasteiger partial charge on any atom is 0.141 e. The maximum atomic E-state index is 6.26. The van der Waals surface area contributed by atoms with Gasteiger partial charge in [-0.1, -0.05) is 57.3 Å². The summed E-state index contributed by atoms with van der Waals surface area (Å²) in [5.41, 5.74) is 7.15. The summed E-state index contributed by atoms with van der Waals surface area (Å²) >= 11 is 6.26. The molecule has 0 aliphatic heterocycles. The SMILES string of the molecule is CCC(N)Cc1cccc(Cl)c1OCC(CC)CC. The van der Waals surface area contributed by atoms with Crippen molar-refractivity contribution < 1.29 is 4.74 Å². The van der Waals surface area contributed by atoms with Crippen molar-refractivity contribution in [2.75, 3.05) is 6.61 Å². The molecule has 0 aliphatic carbocycles. The van der Waals surface area contributed by atoms with E-state index in [-0.39, 0.29) is 6.04 Å². The molecule has 0 fully saturated rings. The van der Waals surface area contributed by atoms with E-state index in [9.17, 15) is 0 Å². The van der Waals surface area contributed by atoms with Crippen LogP contribution in [0.25, 0.3) is 0 Å². The molecule has 3 heteroatoms. The van der Waals surface area contributed by atoms with Crippen LogP contribution in [-0.2, 0) is 6.42 Å². The van der Waals surface area contributed by atoms with Crippen LogP contribution in [0.5, 0.6) is 5.75 Å². The predicted molar refractivity (Wildman–Crippen MR) is 83.0 cm³/mol. The fourth-order valence-corrected chi connectivity index (χ4v) is 2.28. The molecule has 0 spiro atoms. The van der Waals surface area contributed by atoms with Gasteiger partial charge in [0, 0.05) is 6.04 Å². The third kappa shape index (κ3) is 5.04. The van der Waals surface area contributed by atoms with E-state index in [2.05, 4.69) is 26.8 Å². The zero-order valence-corrected chi connectivity index (χ0v) is 13.0. The number of hydrogen-bond acceptors (Lipinski definition) is 2. The second-order valence-corrected chi connectivity index (χ2v) is 5.50. The topological polar surface area (TPSA) is 35.2 Å². The maximum absolute atomic E-state index is 6.26. The Balaban J connectivity index is 2.79. The summed E-state index contributed by atoms with van der Waals surface area (Å²) in [6.07, 6.45) is 4.03. The molecule has 2 N–H and O–H groups in total. The molecule has 0 bridgehead atoms. The molecular weight excluding hydrogens is 258 g/mol. The van der Waals surface area contributed by atoms with Crippen molar-refractivity contribution in [2.24, 2.45) is 11.7 Å². The Labute approximate surface area is 122 Å². The highest BCUT2D eigenvalue weighted by Gasteiger charge is 2.13. The van der Waals surface area contributed by atoms with Crippen LogP contribution in [0.3, 0.4) is 0 Å². The van der Waals surface area contributed by atoms with Gasteiger partial charge in [0.1, 0.15) is 5.75 Å². The molecule has 0 aliphatic rings. The van der Waals surface area contributed by atoms with E-state index in [1.165, 1.54) is 0 Å². The summed E-state index contributed by atoms with van der Waals surface area (Å²) in [5.74, 6) is 1.41. The van der Waals surface area contributed by atoms with Crippen molar-refractivity contribution in [1.82, 2.24) is 0 Å². The molecule has 0 radical (unpaired) electrons. The van der Waals surface area contributed by atoms with E-state index in [1.54, 1.807) is 0 Å². The van der Waals surface area contributed by atoms with Crippen molar-refractivity contribution in [3.8, 4) is 5.75 Å². The zero-order chi connectivity index (χ0) is 14.3. The van der Waals surface area contributed by atoms with Crippen molar-refractivity contribution in [3.05, 3.63) is 28.8 Å². The third-order valence-electron chi connectivity index (χ3n) is 3.67. The minimum atomic E-state index is 0.161.